The zero-order chi connectivity index (χ0) is 12.2. The van der Waals surface area contributed by atoms with Crippen LogP contribution in [-0.2, 0) is 9.47 Å². The van der Waals surface area contributed by atoms with E-state index in [0.717, 1.165) is 0 Å². The van der Waals surface area contributed by atoms with E-state index in [4.69, 9.17) is 9.47 Å². The minimum Gasteiger partial charge on any atom is -0.356 e. The van der Waals surface area contributed by atoms with E-state index in [0.29, 0.717) is 5.92 Å². The van der Waals surface area contributed by atoms with Crippen molar-refractivity contribution in [2.45, 2.75) is 71.5 Å². The van der Waals surface area contributed by atoms with Crippen LogP contribution >= 0.6 is 0 Å². The Labute approximate surface area is 102 Å². The van der Waals surface area contributed by atoms with E-state index >= 15 is 0 Å². The molecular formula is C14H30O2. The van der Waals surface area contributed by atoms with Crippen LogP contribution in [0, 0.1) is 5.92 Å². The molecule has 98 valence electrons. The van der Waals surface area contributed by atoms with Gasteiger partial charge in [0.15, 0.2) is 6.29 Å². The van der Waals surface area contributed by atoms with Crippen LogP contribution in [0.2, 0.25) is 0 Å². The quantitative estimate of drug-likeness (QED) is 0.387. The van der Waals surface area contributed by atoms with E-state index < -0.39 is 0 Å². The van der Waals surface area contributed by atoms with Crippen LogP contribution in [0.25, 0.3) is 0 Å². The van der Waals surface area contributed by atoms with Gasteiger partial charge in [-0.1, -0.05) is 58.8 Å². The lowest BCUT2D eigenvalue weighted by Gasteiger charge is -2.20. The van der Waals surface area contributed by atoms with Crippen molar-refractivity contribution >= 4 is 0 Å². The van der Waals surface area contributed by atoms with Gasteiger partial charge >= 0.3 is 0 Å². The van der Waals surface area contributed by atoms with E-state index in [9.17, 15) is 0 Å². The molecule has 0 saturated carbocycles. The monoisotopic (exact) mass is 230 g/mol. The summed E-state index contributed by atoms with van der Waals surface area (Å²) in [6.07, 6.45) is 10.8. The van der Waals surface area contributed by atoms with Crippen LogP contribution in [0.5, 0.6) is 0 Å². The molecule has 0 aliphatic rings. The predicted octanol–water partition coefficient (Wildman–Crippen LogP) is 4.38. The molecule has 0 aliphatic heterocycles. The molecule has 0 aromatic carbocycles. The minimum atomic E-state index is -0.0277. The van der Waals surface area contributed by atoms with Crippen LogP contribution in [0.4, 0.5) is 0 Å². The average Bonchev–Trinajstić information content (AvgIpc) is 2.29. The maximum absolute atomic E-state index is 5.25. The van der Waals surface area contributed by atoms with Crippen molar-refractivity contribution in [3.8, 4) is 0 Å². The second-order valence-corrected chi connectivity index (χ2v) is 4.73. The number of rotatable bonds is 11. The van der Waals surface area contributed by atoms with Crippen LogP contribution in [0.3, 0.4) is 0 Å². The third kappa shape index (κ3) is 8.12. The van der Waals surface area contributed by atoms with Gasteiger partial charge in [0, 0.05) is 20.1 Å². The van der Waals surface area contributed by atoms with Gasteiger partial charge in [-0.15, -0.1) is 0 Å². The summed E-state index contributed by atoms with van der Waals surface area (Å²) >= 11 is 0. The average molecular weight is 230 g/mol. The van der Waals surface area contributed by atoms with Crippen LogP contribution in [0.1, 0.15) is 65.2 Å². The summed E-state index contributed by atoms with van der Waals surface area (Å²) in [6, 6.07) is 0. The molecule has 1 atom stereocenters. The van der Waals surface area contributed by atoms with Crippen LogP contribution in [0.15, 0.2) is 0 Å². The summed E-state index contributed by atoms with van der Waals surface area (Å²) in [5.74, 6) is 0.505. The van der Waals surface area contributed by atoms with E-state index in [1.54, 1.807) is 14.2 Å². The summed E-state index contributed by atoms with van der Waals surface area (Å²) in [5, 5.41) is 0. The van der Waals surface area contributed by atoms with Crippen molar-refractivity contribution in [1.29, 1.82) is 0 Å². The van der Waals surface area contributed by atoms with Crippen LogP contribution in [-0.4, -0.2) is 20.5 Å². The normalized spacial score (nSPS) is 13.3. The zero-order valence-electron chi connectivity index (χ0n) is 11.6. The van der Waals surface area contributed by atoms with Gasteiger partial charge in [-0.05, 0) is 6.42 Å². The van der Waals surface area contributed by atoms with Gasteiger partial charge in [0.2, 0.25) is 0 Å². The largest absolute Gasteiger partial charge is 0.356 e. The maximum Gasteiger partial charge on any atom is 0.159 e. The highest BCUT2D eigenvalue weighted by atomic mass is 16.7. The summed E-state index contributed by atoms with van der Waals surface area (Å²) < 4.78 is 10.5. The molecular weight excluding hydrogens is 200 g/mol. The first-order valence-corrected chi connectivity index (χ1v) is 6.81. The molecule has 0 radical (unpaired) electrons. The van der Waals surface area contributed by atoms with Crippen molar-refractivity contribution in [3.05, 3.63) is 0 Å². The fourth-order valence-electron chi connectivity index (χ4n) is 2.12. The standard InChI is InChI=1S/C14H30O2/c1-5-6-7-8-9-10-11-12-13(2)14(15-3)16-4/h13-14H,5-12H2,1-4H3/t13-/m1/s1. The van der Waals surface area contributed by atoms with E-state index in [1.807, 2.05) is 0 Å². The van der Waals surface area contributed by atoms with Gasteiger partial charge in [-0.3, -0.25) is 0 Å². The van der Waals surface area contributed by atoms with Gasteiger partial charge in [-0.2, -0.15) is 0 Å². The number of hydrogen-bond acceptors (Lipinski definition) is 2. The van der Waals surface area contributed by atoms with Gasteiger partial charge in [0.05, 0.1) is 0 Å². The Hall–Kier alpha value is -0.0800. The minimum absolute atomic E-state index is 0.0277. The number of methoxy groups -OCH3 is 2. The molecule has 0 unspecified atom stereocenters. The van der Waals surface area contributed by atoms with Gasteiger partial charge in [-0.25, -0.2) is 0 Å². The maximum atomic E-state index is 5.25. The molecule has 2 heteroatoms. The first kappa shape index (κ1) is 15.9. The van der Waals surface area contributed by atoms with Gasteiger partial charge < -0.3 is 9.47 Å². The highest BCUT2D eigenvalue weighted by Crippen LogP contribution is 2.17. The summed E-state index contributed by atoms with van der Waals surface area (Å²) in [7, 11) is 3.44. The summed E-state index contributed by atoms with van der Waals surface area (Å²) in [6.45, 7) is 4.46. The molecule has 0 aromatic heterocycles. The fraction of sp³-hybridized carbons (Fsp3) is 1.00. The lowest BCUT2D eigenvalue weighted by molar-refractivity contribution is -0.134. The molecule has 0 spiro atoms. The number of unbranched alkanes of at least 4 members (excludes halogenated alkanes) is 6. The highest BCUT2D eigenvalue weighted by Gasteiger charge is 2.14. The van der Waals surface area contributed by atoms with E-state index in [-0.39, 0.29) is 6.29 Å². The highest BCUT2D eigenvalue weighted by molar-refractivity contribution is 4.57. The second-order valence-electron chi connectivity index (χ2n) is 4.73. The topological polar surface area (TPSA) is 18.5 Å². The second kappa shape index (κ2) is 11.4. The van der Waals surface area contributed by atoms with Crippen LogP contribution < -0.4 is 0 Å². The Kier molecular flexibility index (Phi) is 11.3. The molecule has 0 aromatic rings. The Balaban J connectivity index is 3.30. The Morgan fingerprint density at radius 1 is 0.812 bits per heavy atom. The molecule has 2 nitrogen and oxygen atoms in total. The first-order chi connectivity index (χ1) is 7.76. The SMILES string of the molecule is CCCCCCCCC[C@@H](C)C(OC)OC. The van der Waals surface area contributed by atoms with Crippen molar-refractivity contribution in [1.82, 2.24) is 0 Å². The molecule has 0 bridgehead atoms. The Bertz CT molecular complexity index is 133. The summed E-state index contributed by atoms with van der Waals surface area (Å²) in [5.41, 5.74) is 0. The van der Waals surface area contributed by atoms with E-state index in [2.05, 4.69) is 13.8 Å². The fourth-order valence-corrected chi connectivity index (χ4v) is 2.12. The van der Waals surface area contributed by atoms with Gasteiger partial charge in [0.25, 0.3) is 0 Å². The van der Waals surface area contributed by atoms with Gasteiger partial charge in [0.1, 0.15) is 0 Å². The molecule has 0 saturated heterocycles. The van der Waals surface area contributed by atoms with Crippen molar-refractivity contribution in [3.63, 3.8) is 0 Å². The van der Waals surface area contributed by atoms with E-state index in [1.165, 1.54) is 51.4 Å². The third-order valence-corrected chi connectivity index (χ3v) is 3.19. The smallest absolute Gasteiger partial charge is 0.159 e. The van der Waals surface area contributed by atoms with Crippen molar-refractivity contribution in [2.75, 3.05) is 14.2 Å². The summed E-state index contributed by atoms with van der Waals surface area (Å²) in [4.78, 5) is 0. The molecule has 0 heterocycles. The molecule has 0 amide bonds. The lowest BCUT2D eigenvalue weighted by Crippen LogP contribution is -2.22. The zero-order valence-corrected chi connectivity index (χ0v) is 11.6. The Morgan fingerprint density at radius 2 is 1.31 bits per heavy atom. The first-order valence-electron chi connectivity index (χ1n) is 6.81. The molecule has 0 aliphatic carbocycles. The lowest BCUT2D eigenvalue weighted by atomic mass is 10.0. The number of hydrogen-bond donors (Lipinski definition) is 0. The van der Waals surface area contributed by atoms with Crippen molar-refractivity contribution in [2.24, 2.45) is 5.92 Å². The Morgan fingerprint density at radius 3 is 1.81 bits per heavy atom. The number of ether oxygens (including phenoxy) is 2. The molecule has 0 N–H and O–H groups in total. The van der Waals surface area contributed by atoms with Crippen molar-refractivity contribution < 1.29 is 9.47 Å². The molecule has 0 fully saturated rings. The predicted molar refractivity (Wildman–Crippen MR) is 69.6 cm³/mol. The third-order valence-electron chi connectivity index (χ3n) is 3.19. The molecule has 16 heavy (non-hydrogen) atoms. The molecule has 0 rings (SSSR count).